The second-order valence-electron chi connectivity index (χ2n) is 4.95. The molecule has 0 saturated heterocycles. The molecule has 2 aromatic rings. The van der Waals surface area contributed by atoms with Crippen LogP contribution in [0.4, 0.5) is 0 Å². The lowest BCUT2D eigenvalue weighted by Gasteiger charge is -2.18. The van der Waals surface area contributed by atoms with Gasteiger partial charge in [0.2, 0.25) is 0 Å². The van der Waals surface area contributed by atoms with Gasteiger partial charge in [-0.2, -0.15) is 0 Å². The van der Waals surface area contributed by atoms with Gasteiger partial charge in [0.25, 0.3) is 0 Å². The summed E-state index contributed by atoms with van der Waals surface area (Å²) in [6.45, 7) is 4.14. The molecule has 0 bridgehead atoms. The quantitative estimate of drug-likeness (QED) is 0.671. The van der Waals surface area contributed by atoms with Crippen molar-refractivity contribution < 1.29 is 9.47 Å². The van der Waals surface area contributed by atoms with Gasteiger partial charge in [-0.1, -0.05) is 23.8 Å². The van der Waals surface area contributed by atoms with E-state index in [4.69, 9.17) is 21.1 Å². The van der Waals surface area contributed by atoms with Crippen LogP contribution in [0.2, 0.25) is 0 Å². The Balaban J connectivity index is 2.53. The van der Waals surface area contributed by atoms with Gasteiger partial charge in [0.05, 0.1) is 24.1 Å². The van der Waals surface area contributed by atoms with Gasteiger partial charge in [0.1, 0.15) is 11.5 Å². The standard InChI is InChI=1S/C17H18BrClO2/c1-10-5-6-12(11(2)7-10)17(19)13-8-16(21-4)14(18)9-15(13)20-3/h5-9,17H,1-4H3. The minimum Gasteiger partial charge on any atom is -0.496 e. The van der Waals surface area contributed by atoms with E-state index >= 15 is 0 Å². The molecule has 112 valence electrons. The molecule has 21 heavy (non-hydrogen) atoms. The summed E-state index contributed by atoms with van der Waals surface area (Å²) < 4.78 is 11.7. The zero-order chi connectivity index (χ0) is 15.6. The summed E-state index contributed by atoms with van der Waals surface area (Å²) in [4.78, 5) is 0. The molecule has 2 rings (SSSR count). The van der Waals surface area contributed by atoms with Gasteiger partial charge >= 0.3 is 0 Å². The fourth-order valence-corrected chi connectivity index (χ4v) is 3.26. The van der Waals surface area contributed by atoms with Gasteiger partial charge in [-0.05, 0) is 53.0 Å². The third-order valence-electron chi connectivity index (χ3n) is 3.48. The first-order valence-corrected chi connectivity index (χ1v) is 7.83. The highest BCUT2D eigenvalue weighted by atomic mass is 79.9. The lowest BCUT2D eigenvalue weighted by molar-refractivity contribution is 0.397. The third kappa shape index (κ3) is 3.35. The van der Waals surface area contributed by atoms with Crippen molar-refractivity contribution in [2.24, 2.45) is 0 Å². The number of rotatable bonds is 4. The lowest BCUT2D eigenvalue weighted by Crippen LogP contribution is -2.01. The molecule has 0 N–H and O–H groups in total. The summed E-state index contributed by atoms with van der Waals surface area (Å²) in [6.07, 6.45) is 0. The number of aryl methyl sites for hydroxylation is 2. The lowest BCUT2D eigenvalue weighted by atomic mass is 9.97. The molecule has 0 saturated carbocycles. The Morgan fingerprint density at radius 1 is 0.952 bits per heavy atom. The van der Waals surface area contributed by atoms with Crippen LogP contribution in [0, 0.1) is 13.8 Å². The average Bonchev–Trinajstić information content (AvgIpc) is 2.46. The normalized spacial score (nSPS) is 12.1. The third-order valence-corrected chi connectivity index (χ3v) is 4.57. The summed E-state index contributed by atoms with van der Waals surface area (Å²) in [5.41, 5.74) is 4.36. The first-order valence-electron chi connectivity index (χ1n) is 6.60. The van der Waals surface area contributed by atoms with Gasteiger partial charge in [-0.25, -0.2) is 0 Å². The topological polar surface area (TPSA) is 18.5 Å². The molecule has 0 aliphatic carbocycles. The molecule has 0 amide bonds. The van der Waals surface area contributed by atoms with Gasteiger partial charge in [0, 0.05) is 5.56 Å². The molecule has 4 heteroatoms. The Hall–Kier alpha value is -1.19. The second-order valence-corrected chi connectivity index (χ2v) is 6.24. The van der Waals surface area contributed by atoms with Crippen LogP contribution in [0.3, 0.4) is 0 Å². The van der Waals surface area contributed by atoms with Crippen LogP contribution in [-0.4, -0.2) is 14.2 Å². The molecular formula is C17H18BrClO2. The molecule has 0 spiro atoms. The molecule has 0 heterocycles. The van der Waals surface area contributed by atoms with Crippen molar-refractivity contribution in [1.29, 1.82) is 0 Å². The van der Waals surface area contributed by atoms with Gasteiger partial charge < -0.3 is 9.47 Å². The predicted octanol–water partition coefficient (Wildman–Crippen LogP) is 5.41. The molecule has 0 fully saturated rings. The van der Waals surface area contributed by atoms with Gasteiger partial charge in [-0.15, -0.1) is 11.6 Å². The van der Waals surface area contributed by atoms with Crippen LogP contribution in [0.5, 0.6) is 11.5 Å². The highest BCUT2D eigenvalue weighted by Crippen LogP contribution is 2.41. The van der Waals surface area contributed by atoms with E-state index in [9.17, 15) is 0 Å². The molecule has 0 aromatic heterocycles. The molecule has 0 aliphatic rings. The zero-order valence-electron chi connectivity index (χ0n) is 12.5. The number of hydrogen-bond donors (Lipinski definition) is 0. The van der Waals surface area contributed by atoms with Crippen molar-refractivity contribution in [2.75, 3.05) is 14.2 Å². The van der Waals surface area contributed by atoms with E-state index in [-0.39, 0.29) is 5.38 Å². The van der Waals surface area contributed by atoms with E-state index in [1.54, 1.807) is 14.2 Å². The van der Waals surface area contributed by atoms with E-state index in [1.165, 1.54) is 11.1 Å². The minimum atomic E-state index is -0.289. The molecule has 0 aliphatic heterocycles. The van der Waals surface area contributed by atoms with Gasteiger partial charge in [-0.3, -0.25) is 0 Å². The Kier molecular flexibility index (Phi) is 5.17. The largest absolute Gasteiger partial charge is 0.496 e. The smallest absolute Gasteiger partial charge is 0.133 e. The van der Waals surface area contributed by atoms with Crippen LogP contribution in [0.1, 0.15) is 27.6 Å². The molecule has 2 aromatic carbocycles. The highest BCUT2D eigenvalue weighted by Gasteiger charge is 2.20. The van der Waals surface area contributed by atoms with Crippen LogP contribution < -0.4 is 9.47 Å². The second kappa shape index (κ2) is 6.71. The maximum Gasteiger partial charge on any atom is 0.133 e. The number of hydrogen-bond acceptors (Lipinski definition) is 2. The first kappa shape index (κ1) is 16.2. The summed E-state index contributed by atoms with van der Waals surface area (Å²) >= 11 is 10.2. The first-order chi connectivity index (χ1) is 9.97. The number of alkyl halides is 1. The van der Waals surface area contributed by atoms with E-state index in [2.05, 4.69) is 48.0 Å². The van der Waals surface area contributed by atoms with E-state index < -0.39 is 0 Å². The Morgan fingerprint density at radius 2 is 1.62 bits per heavy atom. The van der Waals surface area contributed by atoms with Crippen LogP contribution >= 0.6 is 27.5 Å². The van der Waals surface area contributed by atoms with Crippen LogP contribution in [0.15, 0.2) is 34.8 Å². The van der Waals surface area contributed by atoms with Crippen molar-refractivity contribution in [1.82, 2.24) is 0 Å². The van der Waals surface area contributed by atoms with Crippen molar-refractivity contribution in [3.05, 3.63) is 57.1 Å². The summed E-state index contributed by atoms with van der Waals surface area (Å²) in [5, 5.41) is -0.289. The fraction of sp³-hybridized carbons (Fsp3) is 0.294. The average molecular weight is 370 g/mol. The Bertz CT molecular complexity index is 655. The number of halogens is 2. The van der Waals surface area contributed by atoms with E-state index in [0.717, 1.165) is 27.1 Å². The van der Waals surface area contributed by atoms with Crippen molar-refractivity contribution >= 4 is 27.5 Å². The summed E-state index contributed by atoms with van der Waals surface area (Å²) in [5.74, 6) is 1.48. The van der Waals surface area contributed by atoms with E-state index in [0.29, 0.717) is 0 Å². The summed E-state index contributed by atoms with van der Waals surface area (Å²) in [7, 11) is 3.28. The molecule has 0 radical (unpaired) electrons. The van der Waals surface area contributed by atoms with Crippen LogP contribution in [-0.2, 0) is 0 Å². The van der Waals surface area contributed by atoms with Crippen molar-refractivity contribution in [3.8, 4) is 11.5 Å². The molecule has 1 unspecified atom stereocenters. The molecular weight excluding hydrogens is 352 g/mol. The molecule has 2 nitrogen and oxygen atoms in total. The summed E-state index contributed by atoms with van der Waals surface area (Å²) in [6, 6.07) is 10.1. The fourth-order valence-electron chi connectivity index (χ4n) is 2.36. The highest BCUT2D eigenvalue weighted by molar-refractivity contribution is 9.10. The maximum absolute atomic E-state index is 6.70. The number of ether oxygens (including phenoxy) is 2. The predicted molar refractivity (Wildman–Crippen MR) is 90.9 cm³/mol. The Morgan fingerprint density at radius 3 is 2.19 bits per heavy atom. The van der Waals surface area contributed by atoms with Gasteiger partial charge in [0.15, 0.2) is 0 Å². The monoisotopic (exact) mass is 368 g/mol. The van der Waals surface area contributed by atoms with E-state index in [1.807, 2.05) is 12.1 Å². The Labute approximate surface area is 139 Å². The van der Waals surface area contributed by atoms with Crippen molar-refractivity contribution in [3.63, 3.8) is 0 Å². The van der Waals surface area contributed by atoms with Crippen LogP contribution in [0.25, 0.3) is 0 Å². The minimum absolute atomic E-state index is 0.289. The number of methoxy groups -OCH3 is 2. The van der Waals surface area contributed by atoms with Crippen molar-refractivity contribution in [2.45, 2.75) is 19.2 Å². The SMILES string of the molecule is COc1cc(C(Cl)c2ccc(C)cc2C)c(OC)cc1Br. The molecule has 1 atom stereocenters. The number of benzene rings is 2. The zero-order valence-corrected chi connectivity index (χ0v) is 14.9. The maximum atomic E-state index is 6.70.